The second kappa shape index (κ2) is 4.78. The summed E-state index contributed by atoms with van der Waals surface area (Å²) >= 11 is 0. The molecule has 0 atom stereocenters. The molecular weight excluding hydrogens is 212 g/mol. The van der Waals surface area contributed by atoms with Crippen LogP contribution in [0.15, 0.2) is 48.5 Å². The van der Waals surface area contributed by atoms with Gasteiger partial charge >= 0.3 is 0 Å². The lowest BCUT2D eigenvalue weighted by atomic mass is 10.2. The highest BCUT2D eigenvalue weighted by Gasteiger charge is 2.04. The number of anilines is 3. The van der Waals surface area contributed by atoms with Gasteiger partial charge in [-0.15, -0.1) is 0 Å². The molecule has 2 aromatic carbocycles. The van der Waals surface area contributed by atoms with Crippen molar-refractivity contribution in [2.45, 2.75) is 0 Å². The molecule has 3 heteroatoms. The maximum atomic E-state index is 5.78. The maximum Gasteiger partial charge on any atom is 0.120 e. The summed E-state index contributed by atoms with van der Waals surface area (Å²) in [6.45, 7) is 0. The third kappa shape index (κ3) is 2.50. The fraction of sp³-hybridized carbons (Fsp3) is 0.143. The van der Waals surface area contributed by atoms with E-state index in [-0.39, 0.29) is 0 Å². The molecule has 0 aliphatic rings. The van der Waals surface area contributed by atoms with E-state index in [0.29, 0.717) is 0 Å². The molecule has 0 fully saturated rings. The van der Waals surface area contributed by atoms with Crippen LogP contribution < -0.4 is 15.4 Å². The Bertz CT molecular complexity index is 511. The zero-order valence-corrected chi connectivity index (χ0v) is 10.1. The Morgan fingerprint density at radius 1 is 1.00 bits per heavy atom. The lowest BCUT2D eigenvalue weighted by Gasteiger charge is -2.20. The summed E-state index contributed by atoms with van der Waals surface area (Å²) in [5.41, 5.74) is 8.66. The second-order valence-corrected chi connectivity index (χ2v) is 3.86. The lowest BCUT2D eigenvalue weighted by Crippen LogP contribution is -2.09. The van der Waals surface area contributed by atoms with Crippen LogP contribution >= 0.6 is 0 Å². The molecule has 0 saturated heterocycles. The Kier molecular flexibility index (Phi) is 3.19. The number of nitrogens with two attached hydrogens (primary N) is 1. The Morgan fingerprint density at radius 2 is 1.65 bits per heavy atom. The van der Waals surface area contributed by atoms with E-state index in [1.54, 1.807) is 7.11 Å². The van der Waals surface area contributed by atoms with E-state index in [1.165, 1.54) is 0 Å². The molecule has 0 radical (unpaired) electrons. The number of nitrogens with zero attached hydrogens (tertiary/aromatic N) is 1. The van der Waals surface area contributed by atoms with Gasteiger partial charge in [-0.2, -0.15) is 0 Å². The number of hydrogen-bond acceptors (Lipinski definition) is 3. The lowest BCUT2D eigenvalue weighted by molar-refractivity contribution is 0.415. The Morgan fingerprint density at radius 3 is 2.29 bits per heavy atom. The van der Waals surface area contributed by atoms with Crippen molar-refractivity contribution in [1.29, 1.82) is 0 Å². The fourth-order valence-corrected chi connectivity index (χ4v) is 1.70. The maximum absolute atomic E-state index is 5.78. The minimum Gasteiger partial charge on any atom is -0.497 e. The minimum absolute atomic E-state index is 0.761. The monoisotopic (exact) mass is 228 g/mol. The van der Waals surface area contributed by atoms with Gasteiger partial charge in [0.15, 0.2) is 0 Å². The number of ether oxygens (including phenoxy) is 1. The van der Waals surface area contributed by atoms with Gasteiger partial charge in [-0.1, -0.05) is 12.1 Å². The molecule has 0 bridgehead atoms. The van der Waals surface area contributed by atoms with E-state index in [2.05, 4.69) is 4.90 Å². The number of nitrogen functional groups attached to an aromatic ring is 1. The van der Waals surface area contributed by atoms with E-state index in [9.17, 15) is 0 Å². The number of benzene rings is 2. The van der Waals surface area contributed by atoms with Gasteiger partial charge in [0.1, 0.15) is 5.75 Å². The van der Waals surface area contributed by atoms with Crippen molar-refractivity contribution in [1.82, 2.24) is 0 Å². The number of hydrogen-bond donors (Lipinski definition) is 1. The highest BCUT2D eigenvalue weighted by Crippen LogP contribution is 2.27. The van der Waals surface area contributed by atoms with E-state index < -0.39 is 0 Å². The summed E-state index contributed by atoms with van der Waals surface area (Å²) in [6.07, 6.45) is 0. The molecule has 2 N–H and O–H groups in total. The van der Waals surface area contributed by atoms with Crippen molar-refractivity contribution in [3.63, 3.8) is 0 Å². The molecule has 0 aliphatic heterocycles. The topological polar surface area (TPSA) is 38.5 Å². The molecule has 2 rings (SSSR count). The third-order valence-electron chi connectivity index (χ3n) is 2.70. The van der Waals surface area contributed by atoms with Crippen molar-refractivity contribution in [3.05, 3.63) is 48.5 Å². The molecule has 88 valence electrons. The first-order valence-electron chi connectivity index (χ1n) is 5.44. The quantitative estimate of drug-likeness (QED) is 0.820. The van der Waals surface area contributed by atoms with Crippen LogP contribution in [-0.2, 0) is 0 Å². The van der Waals surface area contributed by atoms with Crippen LogP contribution in [-0.4, -0.2) is 14.2 Å². The summed E-state index contributed by atoms with van der Waals surface area (Å²) in [6, 6.07) is 15.7. The van der Waals surface area contributed by atoms with Crippen LogP contribution in [0.1, 0.15) is 0 Å². The smallest absolute Gasteiger partial charge is 0.120 e. The van der Waals surface area contributed by atoms with Crippen LogP contribution in [0.5, 0.6) is 5.75 Å². The van der Waals surface area contributed by atoms with Crippen LogP contribution in [0.25, 0.3) is 0 Å². The van der Waals surface area contributed by atoms with Crippen LogP contribution in [0.3, 0.4) is 0 Å². The van der Waals surface area contributed by atoms with Gasteiger partial charge in [-0.05, 0) is 30.3 Å². The molecular formula is C14H16N2O. The third-order valence-corrected chi connectivity index (χ3v) is 2.70. The van der Waals surface area contributed by atoms with Gasteiger partial charge in [-0.25, -0.2) is 0 Å². The highest BCUT2D eigenvalue weighted by molar-refractivity contribution is 5.66. The number of rotatable bonds is 3. The van der Waals surface area contributed by atoms with E-state index in [0.717, 1.165) is 22.8 Å². The number of methoxy groups -OCH3 is 1. The van der Waals surface area contributed by atoms with Gasteiger partial charge in [0.05, 0.1) is 7.11 Å². The largest absolute Gasteiger partial charge is 0.497 e. The van der Waals surface area contributed by atoms with E-state index >= 15 is 0 Å². The van der Waals surface area contributed by atoms with Gasteiger partial charge in [0.25, 0.3) is 0 Å². The van der Waals surface area contributed by atoms with Gasteiger partial charge in [0.2, 0.25) is 0 Å². The highest BCUT2D eigenvalue weighted by atomic mass is 16.5. The molecule has 0 saturated carbocycles. The second-order valence-electron chi connectivity index (χ2n) is 3.86. The Labute approximate surface area is 101 Å². The predicted molar refractivity (Wildman–Crippen MR) is 71.9 cm³/mol. The van der Waals surface area contributed by atoms with Crippen LogP contribution in [0.2, 0.25) is 0 Å². The van der Waals surface area contributed by atoms with E-state index in [1.807, 2.05) is 55.6 Å². The molecule has 0 aromatic heterocycles. The normalized spacial score (nSPS) is 10.0. The average molecular weight is 228 g/mol. The molecule has 0 amide bonds. The Hall–Kier alpha value is -2.16. The first kappa shape index (κ1) is 11.3. The van der Waals surface area contributed by atoms with E-state index in [4.69, 9.17) is 10.5 Å². The summed E-state index contributed by atoms with van der Waals surface area (Å²) in [5, 5.41) is 0. The molecule has 0 aliphatic carbocycles. The van der Waals surface area contributed by atoms with Crippen molar-refractivity contribution >= 4 is 17.1 Å². The summed E-state index contributed by atoms with van der Waals surface area (Å²) in [7, 11) is 3.67. The first-order valence-corrected chi connectivity index (χ1v) is 5.44. The zero-order valence-electron chi connectivity index (χ0n) is 10.1. The summed E-state index contributed by atoms with van der Waals surface area (Å²) in [4.78, 5) is 2.07. The molecule has 17 heavy (non-hydrogen) atoms. The molecule has 2 aromatic rings. The standard InChI is InChI=1S/C14H16N2O/c1-16(12-6-3-5-11(15)9-12)13-7-4-8-14(10-13)17-2/h3-10H,15H2,1-2H3. The van der Waals surface area contributed by atoms with Crippen LogP contribution in [0.4, 0.5) is 17.1 Å². The van der Waals surface area contributed by atoms with Crippen molar-refractivity contribution < 1.29 is 4.74 Å². The van der Waals surface area contributed by atoms with Gasteiger partial charge < -0.3 is 15.4 Å². The Balaban J connectivity index is 2.33. The predicted octanol–water partition coefficient (Wildman–Crippen LogP) is 3.05. The van der Waals surface area contributed by atoms with Crippen LogP contribution in [0, 0.1) is 0 Å². The minimum atomic E-state index is 0.761. The summed E-state index contributed by atoms with van der Waals surface area (Å²) in [5.74, 6) is 0.846. The molecule has 0 unspecified atom stereocenters. The molecule has 3 nitrogen and oxygen atoms in total. The molecule has 0 spiro atoms. The van der Waals surface area contributed by atoms with Crippen molar-refractivity contribution in [2.24, 2.45) is 0 Å². The molecule has 0 heterocycles. The van der Waals surface area contributed by atoms with Crippen molar-refractivity contribution in [2.75, 3.05) is 24.8 Å². The van der Waals surface area contributed by atoms with Gasteiger partial charge in [-0.3, -0.25) is 0 Å². The SMILES string of the molecule is COc1cccc(N(C)c2cccc(N)c2)c1. The average Bonchev–Trinajstić information content (AvgIpc) is 2.38. The summed E-state index contributed by atoms with van der Waals surface area (Å²) < 4.78 is 5.21. The zero-order chi connectivity index (χ0) is 12.3. The fourth-order valence-electron chi connectivity index (χ4n) is 1.70. The van der Waals surface area contributed by atoms with Crippen molar-refractivity contribution in [3.8, 4) is 5.75 Å². The van der Waals surface area contributed by atoms with Gasteiger partial charge in [0, 0.05) is 30.2 Å². The first-order chi connectivity index (χ1) is 8.20.